The maximum Gasteiger partial charge on any atom is 0.239 e. The van der Waals surface area contributed by atoms with Gasteiger partial charge in [0, 0.05) is 13.2 Å². The summed E-state index contributed by atoms with van der Waals surface area (Å²) in [7, 11) is -2.97. The summed E-state index contributed by atoms with van der Waals surface area (Å²) in [6.07, 6.45) is 14.5. The highest BCUT2D eigenvalue weighted by molar-refractivity contribution is 9.10. The molecule has 1 heterocycles. The Hall–Kier alpha value is -1.11. The van der Waals surface area contributed by atoms with E-state index < -0.39 is 17.3 Å². The molecule has 0 fully saturated rings. The second-order valence-electron chi connectivity index (χ2n) is 9.64. The zero-order valence-electron chi connectivity index (χ0n) is 23.1. The average Bonchev–Trinajstić information content (AvgIpc) is 2.84. The number of unbranched alkanes of at least 4 members (excludes halogenated alkanes) is 3. The number of benzene rings is 1. The van der Waals surface area contributed by atoms with Crippen LogP contribution in [-0.2, 0) is 10.0 Å². The average molecular weight is 606 g/mol. The van der Waals surface area contributed by atoms with Crippen molar-refractivity contribution in [2.24, 2.45) is 0 Å². The first-order valence-corrected chi connectivity index (χ1v) is 18.0. The van der Waals surface area contributed by atoms with Crippen molar-refractivity contribution < 1.29 is 12.8 Å². The summed E-state index contributed by atoms with van der Waals surface area (Å²) >= 11 is 3.34. The number of rotatable bonds is 13. The highest BCUT2D eigenvalue weighted by Crippen LogP contribution is 2.59. The van der Waals surface area contributed by atoms with Gasteiger partial charge in [-0.3, -0.25) is 0 Å². The summed E-state index contributed by atoms with van der Waals surface area (Å²) in [5, 5.41) is 1.47. The third-order valence-corrected chi connectivity index (χ3v) is 13.0. The molecule has 1 aromatic heterocycles. The molecule has 0 amide bonds. The van der Waals surface area contributed by atoms with Gasteiger partial charge < -0.3 is 0 Å². The molecule has 1 radical (unpaired) electrons. The summed E-state index contributed by atoms with van der Waals surface area (Å²) in [6.45, 7) is 10.8. The molecule has 5 nitrogen and oxygen atoms in total. The molecule has 0 atom stereocenters. The fourth-order valence-electron chi connectivity index (χ4n) is 3.94. The predicted octanol–water partition coefficient (Wildman–Crippen LogP) is 7.63. The summed E-state index contributed by atoms with van der Waals surface area (Å²) in [6, 6.07) is 7.47. The lowest BCUT2D eigenvalue weighted by molar-refractivity contribution is 0.599. The third kappa shape index (κ3) is 10.3. The van der Waals surface area contributed by atoms with Gasteiger partial charge in [0.15, 0.2) is 0 Å². The van der Waals surface area contributed by atoms with Crippen LogP contribution < -0.4 is 9.61 Å². The van der Waals surface area contributed by atoms with E-state index in [4.69, 9.17) is 0 Å². The number of anilines is 1. The molecule has 0 saturated carbocycles. The van der Waals surface area contributed by atoms with Crippen LogP contribution in [0.25, 0.3) is 0 Å². The van der Waals surface area contributed by atoms with Crippen LogP contribution in [0.2, 0.25) is 0 Å². The molecule has 36 heavy (non-hydrogen) atoms. The minimum atomic E-state index is -3.32. The summed E-state index contributed by atoms with van der Waals surface area (Å²) in [4.78, 5) is 8.20. The molecule has 0 unspecified atom stereocenters. The Morgan fingerprint density at radius 3 is 1.83 bits per heavy atom. The van der Waals surface area contributed by atoms with Crippen molar-refractivity contribution in [3.8, 4) is 0 Å². The molecule has 0 bridgehead atoms. The van der Waals surface area contributed by atoms with Crippen molar-refractivity contribution in [3.63, 3.8) is 0 Å². The van der Waals surface area contributed by atoms with Crippen molar-refractivity contribution in [2.45, 2.75) is 79.1 Å². The molecular weight excluding hydrogens is 560 g/mol. The minimum absolute atomic E-state index is 0.103. The second-order valence-corrected chi connectivity index (χ2v) is 16.7. The summed E-state index contributed by atoms with van der Waals surface area (Å²) in [5.41, 5.74) is 0.792. The topological polar surface area (TPSA) is 63.2 Å². The van der Waals surface area contributed by atoms with E-state index in [0.717, 1.165) is 20.7 Å². The lowest BCUT2D eigenvalue weighted by Crippen LogP contribution is -2.27. The van der Waals surface area contributed by atoms with Crippen LogP contribution in [0, 0.1) is 5.82 Å². The normalized spacial score (nSPS) is 11.8. The quantitative estimate of drug-likeness (QED) is 0.220. The standard InChI is InChI=1S/C18H31FP.C9H14BrN3O2S/c1-4-7-14-20(15-8-5-2,16-9-6-3)18-12-10-17(19)11-13-18;1-6(2)8-7(10)5-11-9(12-8)13(3)16(4,14)15/h10-13H,4-9,14-16H2,1-3H3;5-6H,1-4H3. The number of aromatic nitrogens is 2. The van der Waals surface area contributed by atoms with Gasteiger partial charge in [0.05, 0.1) is 16.4 Å². The van der Waals surface area contributed by atoms with Gasteiger partial charge in [-0.05, 0) is 77.0 Å². The van der Waals surface area contributed by atoms with Crippen LogP contribution in [0.5, 0.6) is 0 Å². The van der Waals surface area contributed by atoms with E-state index in [9.17, 15) is 12.8 Å². The van der Waals surface area contributed by atoms with Crippen LogP contribution >= 0.6 is 23.2 Å². The molecule has 0 spiro atoms. The Kier molecular flexibility index (Phi) is 14.6. The Balaban J connectivity index is 0.000000369. The fraction of sp³-hybridized carbons (Fsp3) is 0.630. The van der Waals surface area contributed by atoms with E-state index in [1.54, 1.807) is 18.3 Å². The highest BCUT2D eigenvalue weighted by atomic mass is 79.9. The first-order valence-electron chi connectivity index (χ1n) is 13.0. The molecule has 0 aliphatic rings. The number of nitrogens with zero attached hydrogens (tertiary/aromatic N) is 3. The van der Waals surface area contributed by atoms with Crippen LogP contribution in [0.4, 0.5) is 10.3 Å². The van der Waals surface area contributed by atoms with E-state index in [-0.39, 0.29) is 17.7 Å². The molecule has 2 aromatic rings. The second kappa shape index (κ2) is 16.0. The highest BCUT2D eigenvalue weighted by Gasteiger charge is 2.27. The van der Waals surface area contributed by atoms with Gasteiger partial charge in [0.2, 0.25) is 16.0 Å². The van der Waals surface area contributed by atoms with Crippen LogP contribution in [0.3, 0.4) is 0 Å². The van der Waals surface area contributed by atoms with Crippen LogP contribution in [-0.4, -0.2) is 50.2 Å². The zero-order valence-corrected chi connectivity index (χ0v) is 26.4. The first-order chi connectivity index (χ1) is 16.9. The van der Waals surface area contributed by atoms with E-state index in [0.29, 0.717) is 0 Å². The number of hydrogen-bond acceptors (Lipinski definition) is 4. The summed E-state index contributed by atoms with van der Waals surface area (Å²) < 4.78 is 37.8. The van der Waals surface area contributed by atoms with Crippen molar-refractivity contribution in [3.05, 3.63) is 46.4 Å². The fourth-order valence-corrected chi connectivity index (χ4v) is 9.96. The molecule has 0 saturated heterocycles. The molecule has 0 aliphatic heterocycles. The van der Waals surface area contributed by atoms with Crippen molar-refractivity contribution in [1.82, 2.24) is 9.97 Å². The Morgan fingerprint density at radius 2 is 1.44 bits per heavy atom. The van der Waals surface area contributed by atoms with Gasteiger partial charge in [0.25, 0.3) is 0 Å². The van der Waals surface area contributed by atoms with Gasteiger partial charge in [-0.25, -0.2) is 27.1 Å². The van der Waals surface area contributed by atoms with E-state index in [1.807, 2.05) is 13.8 Å². The first kappa shape index (κ1) is 32.9. The van der Waals surface area contributed by atoms with Crippen LogP contribution in [0.15, 0.2) is 34.9 Å². The molecule has 9 heteroatoms. The minimum Gasteiger partial charge on any atom is -0.241 e. The largest absolute Gasteiger partial charge is 0.241 e. The maximum absolute atomic E-state index is 13.2. The van der Waals surface area contributed by atoms with Crippen molar-refractivity contribution in [2.75, 3.05) is 36.1 Å². The van der Waals surface area contributed by atoms with Gasteiger partial charge in [0.1, 0.15) is 5.82 Å². The molecule has 2 rings (SSSR count). The molecule has 205 valence electrons. The predicted molar refractivity (Wildman–Crippen MR) is 159 cm³/mol. The Labute approximate surface area is 228 Å². The van der Waals surface area contributed by atoms with Crippen LogP contribution in [0.1, 0.15) is 84.8 Å². The molecule has 0 N–H and O–H groups in total. The van der Waals surface area contributed by atoms with Crippen molar-refractivity contribution in [1.29, 1.82) is 0 Å². The van der Waals surface area contributed by atoms with Gasteiger partial charge in [-0.2, -0.15) is 0 Å². The lowest BCUT2D eigenvalue weighted by atomic mass is 10.1. The lowest BCUT2D eigenvalue weighted by Gasteiger charge is -2.38. The molecular formula is C27H45BrFN3O2PS. The van der Waals surface area contributed by atoms with E-state index in [2.05, 4.69) is 58.8 Å². The van der Waals surface area contributed by atoms with Crippen molar-refractivity contribution >= 4 is 44.5 Å². The van der Waals surface area contributed by atoms with Gasteiger partial charge in [-0.15, -0.1) is 0 Å². The van der Waals surface area contributed by atoms with E-state index in [1.165, 1.54) is 69.4 Å². The molecule has 1 aromatic carbocycles. The number of hydrogen-bond donors (Lipinski definition) is 0. The zero-order chi connectivity index (χ0) is 27.4. The third-order valence-electron chi connectivity index (χ3n) is 6.28. The van der Waals surface area contributed by atoms with Gasteiger partial charge in [-0.1, -0.05) is 73.3 Å². The number of halogens is 2. The number of sulfonamides is 1. The van der Waals surface area contributed by atoms with E-state index >= 15 is 0 Å². The monoisotopic (exact) mass is 604 g/mol. The Morgan fingerprint density at radius 1 is 0.972 bits per heavy atom. The summed E-state index contributed by atoms with van der Waals surface area (Å²) in [5.74, 6) is 0.284. The molecule has 0 aliphatic carbocycles. The van der Waals surface area contributed by atoms with Gasteiger partial charge >= 0.3 is 0 Å². The Bertz CT molecular complexity index is 998. The SMILES string of the molecule is CC(C)c1nc(N(C)S(C)(=O)=O)ncc1Br.CCCC[P](CCCC)(CCCC)c1ccc(F)cc1. The smallest absolute Gasteiger partial charge is 0.239 e. The maximum atomic E-state index is 13.2.